The zero-order valence-electron chi connectivity index (χ0n) is 21.3. The fourth-order valence-corrected chi connectivity index (χ4v) is 4.55. The highest BCUT2D eigenvalue weighted by atomic mass is 16.5. The smallest absolute Gasteiger partial charge is 0.330 e. The van der Waals surface area contributed by atoms with Crippen LogP contribution in [-0.4, -0.2) is 23.8 Å². The standard InChI is InChI=1S/C31H41NO3/c1-3-31(33)35-23-17-12-10-8-6-5-7-9-11-16-22-34-28-21-20-27-24-29(26-18-14-13-15-19-26)32(4-2)30(27)25-28/h3,13-15,18-21,24-25H,1,4-12,16-17,22-23H2,2H3. The second-order valence-corrected chi connectivity index (χ2v) is 9.12. The minimum Gasteiger partial charge on any atom is -0.494 e. The molecule has 0 unspecified atom stereocenters. The number of benzene rings is 2. The lowest BCUT2D eigenvalue weighted by atomic mass is 10.1. The largest absolute Gasteiger partial charge is 0.494 e. The van der Waals surface area contributed by atoms with Crippen molar-refractivity contribution >= 4 is 16.9 Å². The lowest BCUT2D eigenvalue weighted by molar-refractivity contribution is -0.137. The lowest BCUT2D eigenvalue weighted by Crippen LogP contribution is -2.01. The van der Waals surface area contributed by atoms with Crippen LogP contribution in [0, 0.1) is 0 Å². The topological polar surface area (TPSA) is 40.5 Å². The first-order valence-electron chi connectivity index (χ1n) is 13.3. The van der Waals surface area contributed by atoms with Crippen molar-refractivity contribution in [2.24, 2.45) is 0 Å². The molecule has 0 fully saturated rings. The van der Waals surface area contributed by atoms with Gasteiger partial charge >= 0.3 is 5.97 Å². The van der Waals surface area contributed by atoms with E-state index >= 15 is 0 Å². The molecule has 0 aliphatic heterocycles. The summed E-state index contributed by atoms with van der Waals surface area (Å²) in [6.07, 6.45) is 13.3. The van der Waals surface area contributed by atoms with Gasteiger partial charge in [0.25, 0.3) is 0 Å². The van der Waals surface area contributed by atoms with E-state index < -0.39 is 0 Å². The zero-order valence-corrected chi connectivity index (χ0v) is 21.3. The first-order valence-corrected chi connectivity index (χ1v) is 13.3. The molecule has 0 radical (unpaired) electrons. The minimum atomic E-state index is -0.319. The summed E-state index contributed by atoms with van der Waals surface area (Å²) in [7, 11) is 0. The van der Waals surface area contributed by atoms with Crippen molar-refractivity contribution in [2.75, 3.05) is 13.2 Å². The van der Waals surface area contributed by atoms with Gasteiger partial charge in [-0.2, -0.15) is 0 Å². The molecule has 35 heavy (non-hydrogen) atoms. The van der Waals surface area contributed by atoms with Gasteiger partial charge < -0.3 is 14.0 Å². The molecule has 0 N–H and O–H groups in total. The van der Waals surface area contributed by atoms with Crippen LogP contribution in [0.5, 0.6) is 5.75 Å². The van der Waals surface area contributed by atoms with Crippen molar-refractivity contribution < 1.29 is 14.3 Å². The average molecular weight is 476 g/mol. The van der Waals surface area contributed by atoms with Crippen molar-refractivity contribution in [3.05, 3.63) is 67.3 Å². The Labute approximate surface area is 210 Å². The van der Waals surface area contributed by atoms with E-state index in [0.29, 0.717) is 6.61 Å². The highest BCUT2D eigenvalue weighted by molar-refractivity contribution is 5.88. The van der Waals surface area contributed by atoms with Crippen LogP contribution in [0.1, 0.15) is 71.1 Å². The Hall–Kier alpha value is -3.01. The number of hydrogen-bond donors (Lipinski definition) is 0. The van der Waals surface area contributed by atoms with E-state index in [4.69, 9.17) is 9.47 Å². The number of carbonyl (C=O) groups excluding carboxylic acids is 1. The minimum absolute atomic E-state index is 0.319. The number of fused-ring (bicyclic) bond motifs is 1. The quantitative estimate of drug-likeness (QED) is 0.112. The molecule has 1 aromatic heterocycles. The third kappa shape index (κ3) is 8.61. The van der Waals surface area contributed by atoms with Gasteiger partial charge in [-0.3, -0.25) is 0 Å². The molecule has 0 amide bonds. The van der Waals surface area contributed by atoms with Gasteiger partial charge in [-0.25, -0.2) is 4.79 Å². The molecular weight excluding hydrogens is 434 g/mol. The average Bonchev–Trinajstić information content (AvgIpc) is 3.27. The molecule has 0 aliphatic rings. The van der Waals surface area contributed by atoms with Crippen molar-refractivity contribution in [3.8, 4) is 17.0 Å². The summed E-state index contributed by atoms with van der Waals surface area (Å²) in [4.78, 5) is 11.0. The number of hydrogen-bond acceptors (Lipinski definition) is 3. The van der Waals surface area contributed by atoms with Crippen LogP contribution >= 0.6 is 0 Å². The van der Waals surface area contributed by atoms with Gasteiger partial charge in [-0.1, -0.05) is 88.3 Å². The third-order valence-electron chi connectivity index (χ3n) is 6.48. The van der Waals surface area contributed by atoms with Gasteiger partial charge in [0.1, 0.15) is 5.75 Å². The summed E-state index contributed by atoms with van der Waals surface area (Å²) in [5.74, 6) is 0.643. The Balaban J connectivity index is 1.28. The van der Waals surface area contributed by atoms with Gasteiger partial charge in [0, 0.05) is 29.8 Å². The van der Waals surface area contributed by atoms with Crippen molar-refractivity contribution in [1.82, 2.24) is 4.57 Å². The molecule has 2 aromatic carbocycles. The molecule has 0 saturated carbocycles. The highest BCUT2D eigenvalue weighted by Gasteiger charge is 2.10. The van der Waals surface area contributed by atoms with E-state index in [1.807, 2.05) is 0 Å². The van der Waals surface area contributed by atoms with E-state index in [1.54, 1.807) is 0 Å². The molecule has 0 saturated heterocycles. The summed E-state index contributed by atoms with van der Waals surface area (Å²) in [5, 5.41) is 1.26. The maximum atomic E-state index is 11.0. The Morgan fingerprint density at radius 1 is 0.829 bits per heavy atom. The van der Waals surface area contributed by atoms with E-state index in [2.05, 4.69) is 72.7 Å². The molecule has 0 aliphatic carbocycles. The van der Waals surface area contributed by atoms with E-state index in [0.717, 1.165) is 38.2 Å². The summed E-state index contributed by atoms with van der Waals surface area (Å²) in [6, 6.07) is 19.3. The van der Waals surface area contributed by atoms with Gasteiger partial charge in [0.2, 0.25) is 0 Å². The van der Waals surface area contributed by atoms with Gasteiger partial charge in [-0.05, 0) is 43.5 Å². The van der Waals surface area contributed by atoms with Crippen molar-refractivity contribution in [1.29, 1.82) is 0 Å². The van der Waals surface area contributed by atoms with Crippen LogP contribution in [0.15, 0.2) is 67.3 Å². The van der Waals surface area contributed by atoms with Crippen molar-refractivity contribution in [3.63, 3.8) is 0 Å². The highest BCUT2D eigenvalue weighted by Crippen LogP contribution is 2.30. The number of unbranched alkanes of at least 4 members (excludes halogenated alkanes) is 9. The Kier molecular flexibility index (Phi) is 11.5. The molecule has 188 valence electrons. The first-order chi connectivity index (χ1) is 17.2. The fraction of sp³-hybridized carbons (Fsp3) is 0.452. The third-order valence-corrected chi connectivity index (χ3v) is 6.48. The molecule has 1 heterocycles. The molecule has 3 rings (SSSR count). The van der Waals surface area contributed by atoms with Crippen LogP contribution in [0.4, 0.5) is 0 Å². The summed E-state index contributed by atoms with van der Waals surface area (Å²) < 4.78 is 13.5. The second-order valence-electron chi connectivity index (χ2n) is 9.12. The number of rotatable bonds is 17. The Morgan fingerprint density at radius 3 is 2.09 bits per heavy atom. The fourth-order valence-electron chi connectivity index (χ4n) is 4.55. The predicted octanol–water partition coefficient (Wildman–Crippen LogP) is 8.34. The molecular formula is C31H41NO3. The Morgan fingerprint density at radius 2 is 1.46 bits per heavy atom. The maximum Gasteiger partial charge on any atom is 0.330 e. The van der Waals surface area contributed by atoms with Crippen molar-refractivity contribution in [2.45, 2.75) is 77.7 Å². The van der Waals surface area contributed by atoms with Crippen LogP contribution in [0.2, 0.25) is 0 Å². The molecule has 0 atom stereocenters. The number of ether oxygens (including phenoxy) is 2. The molecule has 4 heteroatoms. The van der Waals surface area contributed by atoms with Gasteiger partial charge in [-0.15, -0.1) is 0 Å². The van der Waals surface area contributed by atoms with Crippen LogP contribution in [0.3, 0.4) is 0 Å². The number of aromatic nitrogens is 1. The summed E-state index contributed by atoms with van der Waals surface area (Å²) in [6.45, 7) is 7.82. The van der Waals surface area contributed by atoms with Crippen LogP contribution in [0.25, 0.3) is 22.2 Å². The SMILES string of the molecule is C=CC(=O)OCCCCCCCCCCCCOc1ccc2cc(-c3ccccc3)n(CC)c2c1. The number of esters is 1. The van der Waals surface area contributed by atoms with Crippen LogP contribution in [-0.2, 0) is 16.1 Å². The summed E-state index contributed by atoms with van der Waals surface area (Å²) >= 11 is 0. The maximum absolute atomic E-state index is 11.0. The number of aryl methyl sites for hydroxylation is 1. The molecule has 3 aromatic rings. The molecule has 0 bridgehead atoms. The Bertz CT molecular complexity index is 1040. The van der Waals surface area contributed by atoms with Gasteiger partial charge in [0.05, 0.1) is 18.7 Å². The van der Waals surface area contributed by atoms with E-state index in [9.17, 15) is 4.79 Å². The number of nitrogens with zero attached hydrogens (tertiary/aromatic N) is 1. The normalized spacial score (nSPS) is 11.0. The molecule has 4 nitrogen and oxygen atoms in total. The summed E-state index contributed by atoms with van der Waals surface area (Å²) in [5.41, 5.74) is 3.75. The van der Waals surface area contributed by atoms with E-state index in [-0.39, 0.29) is 5.97 Å². The zero-order chi connectivity index (χ0) is 24.7. The monoisotopic (exact) mass is 475 g/mol. The second kappa shape index (κ2) is 15.1. The first kappa shape index (κ1) is 26.6. The lowest BCUT2D eigenvalue weighted by Gasteiger charge is -2.10. The predicted molar refractivity (Wildman–Crippen MR) is 146 cm³/mol. The van der Waals surface area contributed by atoms with E-state index in [1.165, 1.54) is 73.2 Å². The molecule has 0 spiro atoms. The van der Waals surface area contributed by atoms with Crippen LogP contribution < -0.4 is 4.74 Å². The number of carbonyl (C=O) groups is 1. The van der Waals surface area contributed by atoms with Gasteiger partial charge in [0.15, 0.2) is 0 Å².